The van der Waals surface area contributed by atoms with Gasteiger partial charge >= 0.3 is 0 Å². The summed E-state index contributed by atoms with van der Waals surface area (Å²) in [4.78, 5) is 4.18. The fraction of sp³-hybridized carbons (Fsp3) is 0.545. The number of halogens is 2. The van der Waals surface area contributed by atoms with E-state index in [1.54, 1.807) is 26.1 Å². The molecule has 3 nitrogen and oxygen atoms in total. The highest BCUT2D eigenvalue weighted by Gasteiger charge is 2.35. The molecule has 0 fully saturated rings. The first-order chi connectivity index (χ1) is 7.13. The molecule has 5 heteroatoms. The summed E-state index contributed by atoms with van der Waals surface area (Å²) in [5.74, 6) is 0.663. The molecule has 0 atom stereocenters. The minimum Gasteiger partial charge on any atom is -0.388 e. The maximum absolute atomic E-state index is 10.0. The molecule has 0 spiro atoms. The Morgan fingerprint density at radius 1 is 1.38 bits per heavy atom. The predicted octanol–water partition coefficient (Wildman–Crippen LogP) is 3.46. The van der Waals surface area contributed by atoms with Crippen molar-refractivity contribution < 1.29 is 5.11 Å². The Bertz CT molecular complexity index is 388. The highest BCUT2D eigenvalue weighted by Crippen LogP contribution is 2.30. The standard InChI is InChI=1S/C11H16BrClN2O/c1-10(2,11(3,4)16)15-9-8(12)5-7(13)6-14-9/h5-6,16H,1-4H3,(H,14,15). The second kappa shape index (κ2) is 4.51. The van der Waals surface area contributed by atoms with Crippen molar-refractivity contribution in [1.82, 2.24) is 4.98 Å². The van der Waals surface area contributed by atoms with E-state index in [1.807, 2.05) is 13.8 Å². The van der Waals surface area contributed by atoms with Crippen LogP contribution in [0.5, 0.6) is 0 Å². The topological polar surface area (TPSA) is 45.1 Å². The summed E-state index contributed by atoms with van der Waals surface area (Å²) < 4.78 is 0.775. The molecule has 90 valence electrons. The lowest BCUT2D eigenvalue weighted by Gasteiger charge is -2.38. The van der Waals surface area contributed by atoms with Crippen LogP contribution in [0.1, 0.15) is 27.7 Å². The first-order valence-electron chi connectivity index (χ1n) is 4.95. The number of hydrogen-bond acceptors (Lipinski definition) is 3. The minimum atomic E-state index is -0.867. The van der Waals surface area contributed by atoms with Gasteiger partial charge in [0.25, 0.3) is 0 Å². The molecule has 0 bridgehead atoms. The van der Waals surface area contributed by atoms with E-state index in [4.69, 9.17) is 11.6 Å². The summed E-state index contributed by atoms with van der Waals surface area (Å²) in [7, 11) is 0. The van der Waals surface area contributed by atoms with Crippen LogP contribution in [0.2, 0.25) is 5.02 Å². The lowest BCUT2D eigenvalue weighted by atomic mass is 9.86. The summed E-state index contributed by atoms with van der Waals surface area (Å²) in [5.41, 5.74) is -1.37. The lowest BCUT2D eigenvalue weighted by Crippen LogP contribution is -2.51. The van der Waals surface area contributed by atoms with Gasteiger partial charge in [0.15, 0.2) is 0 Å². The molecular formula is C11H16BrClN2O. The molecule has 1 heterocycles. The molecule has 0 aliphatic rings. The highest BCUT2D eigenvalue weighted by atomic mass is 79.9. The maximum Gasteiger partial charge on any atom is 0.140 e. The molecule has 0 aliphatic carbocycles. The summed E-state index contributed by atoms with van der Waals surface area (Å²) >= 11 is 9.18. The SMILES string of the molecule is CC(C)(O)C(C)(C)Nc1ncc(Cl)cc1Br. The van der Waals surface area contributed by atoms with Gasteiger partial charge in [-0.3, -0.25) is 0 Å². The summed E-state index contributed by atoms with van der Waals surface area (Å²) in [6, 6.07) is 1.76. The van der Waals surface area contributed by atoms with Crippen LogP contribution in [0.4, 0.5) is 5.82 Å². The van der Waals surface area contributed by atoms with Crippen molar-refractivity contribution in [2.75, 3.05) is 5.32 Å². The quantitative estimate of drug-likeness (QED) is 0.899. The maximum atomic E-state index is 10.0. The average molecular weight is 308 g/mol. The number of pyridine rings is 1. The summed E-state index contributed by atoms with van der Waals surface area (Å²) in [6.45, 7) is 7.33. The third kappa shape index (κ3) is 3.09. The van der Waals surface area contributed by atoms with E-state index in [0.29, 0.717) is 10.8 Å². The molecule has 0 aliphatic heterocycles. The lowest BCUT2D eigenvalue weighted by molar-refractivity contribution is 0.0238. The number of rotatable bonds is 3. The zero-order chi connectivity index (χ0) is 12.6. The van der Waals surface area contributed by atoms with Crippen molar-refractivity contribution in [3.63, 3.8) is 0 Å². The zero-order valence-electron chi connectivity index (χ0n) is 9.81. The number of aromatic nitrogens is 1. The van der Waals surface area contributed by atoms with Gasteiger partial charge in [-0.1, -0.05) is 11.6 Å². The number of hydrogen-bond donors (Lipinski definition) is 2. The zero-order valence-corrected chi connectivity index (χ0v) is 12.1. The van der Waals surface area contributed by atoms with Gasteiger partial charge in [-0.25, -0.2) is 4.98 Å². The van der Waals surface area contributed by atoms with E-state index in [0.717, 1.165) is 4.47 Å². The largest absolute Gasteiger partial charge is 0.388 e. The van der Waals surface area contributed by atoms with Crippen LogP contribution in [0, 0.1) is 0 Å². The van der Waals surface area contributed by atoms with Gasteiger partial charge < -0.3 is 10.4 Å². The monoisotopic (exact) mass is 306 g/mol. The summed E-state index contributed by atoms with van der Waals surface area (Å²) in [5, 5.41) is 13.8. The van der Waals surface area contributed by atoms with Gasteiger partial charge in [0.05, 0.1) is 20.6 Å². The van der Waals surface area contributed by atoms with Crippen LogP contribution in [0.15, 0.2) is 16.7 Å². The molecule has 0 amide bonds. The Morgan fingerprint density at radius 2 is 1.94 bits per heavy atom. The van der Waals surface area contributed by atoms with Crippen molar-refractivity contribution in [2.24, 2.45) is 0 Å². The average Bonchev–Trinajstić information content (AvgIpc) is 2.08. The molecule has 0 saturated carbocycles. The van der Waals surface area contributed by atoms with Crippen molar-refractivity contribution in [2.45, 2.75) is 38.8 Å². The number of nitrogens with one attached hydrogen (secondary N) is 1. The van der Waals surface area contributed by atoms with Gasteiger partial charge in [-0.15, -0.1) is 0 Å². The molecule has 0 saturated heterocycles. The molecule has 0 radical (unpaired) electrons. The first kappa shape index (κ1) is 13.7. The molecule has 1 aromatic rings. The van der Waals surface area contributed by atoms with Gasteiger partial charge in [-0.2, -0.15) is 0 Å². The van der Waals surface area contributed by atoms with E-state index in [2.05, 4.69) is 26.2 Å². The van der Waals surface area contributed by atoms with E-state index in [-0.39, 0.29) is 0 Å². The highest BCUT2D eigenvalue weighted by molar-refractivity contribution is 9.10. The molecular weight excluding hydrogens is 291 g/mol. The Kier molecular flexibility index (Phi) is 3.87. The van der Waals surface area contributed by atoms with Gasteiger partial charge in [0.1, 0.15) is 5.82 Å². The normalized spacial score (nSPS) is 12.7. The van der Waals surface area contributed by atoms with Crippen molar-refractivity contribution in [3.05, 3.63) is 21.8 Å². The number of aliphatic hydroxyl groups is 1. The number of nitrogens with zero attached hydrogens (tertiary/aromatic N) is 1. The third-order valence-electron chi connectivity index (χ3n) is 2.77. The first-order valence-corrected chi connectivity index (χ1v) is 6.12. The van der Waals surface area contributed by atoms with Crippen LogP contribution >= 0.6 is 27.5 Å². The smallest absolute Gasteiger partial charge is 0.140 e. The molecule has 0 unspecified atom stereocenters. The van der Waals surface area contributed by atoms with Crippen LogP contribution in [-0.4, -0.2) is 21.2 Å². The number of anilines is 1. The third-order valence-corrected chi connectivity index (χ3v) is 3.58. The Labute approximate surface area is 109 Å². The van der Waals surface area contributed by atoms with E-state index in [1.165, 1.54) is 0 Å². The summed E-state index contributed by atoms with van der Waals surface area (Å²) in [6.07, 6.45) is 1.56. The van der Waals surface area contributed by atoms with Crippen molar-refractivity contribution in [1.29, 1.82) is 0 Å². The van der Waals surface area contributed by atoms with Crippen LogP contribution in [-0.2, 0) is 0 Å². The molecule has 2 N–H and O–H groups in total. The predicted molar refractivity (Wildman–Crippen MR) is 70.9 cm³/mol. The van der Waals surface area contributed by atoms with E-state index < -0.39 is 11.1 Å². The minimum absolute atomic E-state index is 0.504. The van der Waals surface area contributed by atoms with Crippen molar-refractivity contribution >= 4 is 33.3 Å². The van der Waals surface area contributed by atoms with Crippen LogP contribution < -0.4 is 5.32 Å². The molecule has 16 heavy (non-hydrogen) atoms. The van der Waals surface area contributed by atoms with Gasteiger partial charge in [0.2, 0.25) is 0 Å². The van der Waals surface area contributed by atoms with Gasteiger partial charge in [-0.05, 0) is 49.7 Å². The van der Waals surface area contributed by atoms with E-state index in [9.17, 15) is 5.11 Å². The Balaban J connectivity index is 2.97. The molecule has 1 rings (SSSR count). The molecule has 1 aromatic heterocycles. The fourth-order valence-corrected chi connectivity index (χ4v) is 1.69. The van der Waals surface area contributed by atoms with Crippen molar-refractivity contribution in [3.8, 4) is 0 Å². The Hall–Kier alpha value is -0.320. The Morgan fingerprint density at radius 3 is 2.38 bits per heavy atom. The fourth-order valence-electron chi connectivity index (χ4n) is 0.956. The van der Waals surface area contributed by atoms with E-state index >= 15 is 0 Å². The van der Waals surface area contributed by atoms with Gasteiger partial charge in [0, 0.05) is 6.20 Å². The molecule has 0 aromatic carbocycles. The second-order valence-electron chi connectivity index (χ2n) is 4.79. The van der Waals surface area contributed by atoms with Crippen LogP contribution in [0.25, 0.3) is 0 Å². The van der Waals surface area contributed by atoms with Crippen LogP contribution in [0.3, 0.4) is 0 Å². The second-order valence-corrected chi connectivity index (χ2v) is 6.08.